The zero-order valence-electron chi connectivity index (χ0n) is 15.6. The summed E-state index contributed by atoms with van der Waals surface area (Å²) in [7, 11) is 3.37. The first-order chi connectivity index (χ1) is 12.7. The Morgan fingerprint density at radius 2 is 1.93 bits per heavy atom. The van der Waals surface area contributed by atoms with E-state index < -0.39 is 24.7 Å². The summed E-state index contributed by atoms with van der Waals surface area (Å²) in [4.78, 5) is 27.5. The number of hydrogen-bond donors (Lipinski definition) is 1. The van der Waals surface area contributed by atoms with Crippen LogP contribution in [0.15, 0.2) is 12.1 Å². The summed E-state index contributed by atoms with van der Waals surface area (Å²) in [6, 6.07) is 3.01. The van der Waals surface area contributed by atoms with Crippen LogP contribution in [-0.2, 0) is 11.8 Å². The molecule has 9 heteroatoms. The predicted molar refractivity (Wildman–Crippen MR) is 93.1 cm³/mol. The monoisotopic (exact) mass is 386 g/mol. The fourth-order valence-electron chi connectivity index (χ4n) is 4.27. The summed E-state index contributed by atoms with van der Waals surface area (Å²) in [5.74, 6) is -0.639. The van der Waals surface area contributed by atoms with Crippen LogP contribution in [-0.4, -0.2) is 65.1 Å². The van der Waals surface area contributed by atoms with Gasteiger partial charge in [0.25, 0.3) is 5.91 Å². The molecule has 2 saturated heterocycles. The first-order valence-corrected chi connectivity index (χ1v) is 9.22. The van der Waals surface area contributed by atoms with Crippen molar-refractivity contribution in [2.75, 3.05) is 26.7 Å². The van der Waals surface area contributed by atoms with Crippen molar-refractivity contribution >= 4 is 11.8 Å². The van der Waals surface area contributed by atoms with Gasteiger partial charge in [0.1, 0.15) is 12.2 Å². The molecule has 1 N–H and O–H groups in total. The molecule has 0 unspecified atom stereocenters. The van der Waals surface area contributed by atoms with E-state index in [1.54, 1.807) is 20.2 Å². The van der Waals surface area contributed by atoms with Gasteiger partial charge in [-0.2, -0.15) is 13.2 Å². The van der Waals surface area contributed by atoms with Crippen LogP contribution in [0.25, 0.3) is 0 Å². The fourth-order valence-corrected chi connectivity index (χ4v) is 4.27. The van der Waals surface area contributed by atoms with Crippen molar-refractivity contribution in [2.45, 2.75) is 43.9 Å². The molecule has 150 valence electrons. The summed E-state index contributed by atoms with van der Waals surface area (Å²) in [6.45, 7) is -0.393. The van der Waals surface area contributed by atoms with E-state index in [0.29, 0.717) is 18.7 Å². The Balaban J connectivity index is 1.82. The molecule has 2 atom stereocenters. The van der Waals surface area contributed by atoms with Crippen molar-refractivity contribution in [3.63, 3.8) is 0 Å². The molecule has 27 heavy (non-hydrogen) atoms. The Labute approximate surface area is 156 Å². The topological polar surface area (TPSA) is 57.6 Å². The van der Waals surface area contributed by atoms with E-state index in [4.69, 9.17) is 0 Å². The van der Waals surface area contributed by atoms with Gasteiger partial charge in [0.2, 0.25) is 5.91 Å². The average molecular weight is 386 g/mol. The minimum absolute atomic E-state index is 0.0815. The first-order valence-electron chi connectivity index (χ1n) is 9.22. The van der Waals surface area contributed by atoms with Crippen molar-refractivity contribution in [1.82, 2.24) is 19.7 Å². The summed E-state index contributed by atoms with van der Waals surface area (Å²) >= 11 is 0. The van der Waals surface area contributed by atoms with Gasteiger partial charge in [-0.1, -0.05) is 6.42 Å². The number of amides is 2. The Morgan fingerprint density at radius 1 is 1.19 bits per heavy atom. The molecular formula is C18H25F3N4O2. The van der Waals surface area contributed by atoms with E-state index >= 15 is 0 Å². The summed E-state index contributed by atoms with van der Waals surface area (Å²) < 4.78 is 39.9. The van der Waals surface area contributed by atoms with Gasteiger partial charge in [-0.05, 0) is 37.9 Å². The second kappa shape index (κ2) is 7.53. The third kappa shape index (κ3) is 3.97. The SMILES string of the molecule is CNC(=O)c1ccc([C@H]2CCCCN2[C@@H]2CCN(CC(F)(F)F)C2=O)n1C. The molecule has 6 nitrogen and oxygen atoms in total. The lowest BCUT2D eigenvalue weighted by Gasteiger charge is -2.39. The van der Waals surface area contributed by atoms with Gasteiger partial charge in [-0.15, -0.1) is 0 Å². The summed E-state index contributed by atoms with van der Waals surface area (Å²) in [5.41, 5.74) is 1.44. The van der Waals surface area contributed by atoms with Crippen LogP contribution < -0.4 is 5.32 Å². The van der Waals surface area contributed by atoms with E-state index in [0.717, 1.165) is 29.9 Å². The van der Waals surface area contributed by atoms with Gasteiger partial charge in [-0.3, -0.25) is 14.5 Å². The van der Waals surface area contributed by atoms with Crippen LogP contribution in [0.2, 0.25) is 0 Å². The van der Waals surface area contributed by atoms with E-state index in [1.165, 1.54) is 0 Å². The average Bonchev–Trinajstić information content (AvgIpc) is 3.16. The summed E-state index contributed by atoms with van der Waals surface area (Å²) in [6.07, 6.45) is -1.28. The van der Waals surface area contributed by atoms with Gasteiger partial charge in [-0.25, -0.2) is 0 Å². The molecule has 0 aromatic carbocycles. The van der Waals surface area contributed by atoms with Gasteiger partial charge in [0.05, 0.1) is 12.1 Å². The normalized spacial score (nSPS) is 24.5. The molecule has 2 aliphatic rings. The zero-order valence-corrected chi connectivity index (χ0v) is 15.6. The number of halogens is 3. The van der Waals surface area contributed by atoms with Gasteiger partial charge < -0.3 is 14.8 Å². The Morgan fingerprint density at radius 3 is 2.59 bits per heavy atom. The molecule has 0 radical (unpaired) electrons. The Kier molecular flexibility index (Phi) is 5.50. The van der Waals surface area contributed by atoms with E-state index in [2.05, 4.69) is 5.32 Å². The van der Waals surface area contributed by atoms with E-state index in [1.807, 2.05) is 15.5 Å². The molecule has 0 saturated carbocycles. The van der Waals surface area contributed by atoms with Gasteiger partial charge in [0.15, 0.2) is 0 Å². The second-order valence-electron chi connectivity index (χ2n) is 7.21. The maximum absolute atomic E-state index is 12.7. The summed E-state index contributed by atoms with van der Waals surface area (Å²) in [5, 5.41) is 2.60. The maximum Gasteiger partial charge on any atom is 0.406 e. The number of nitrogens with zero attached hydrogens (tertiary/aromatic N) is 3. The molecule has 2 aliphatic heterocycles. The Hall–Kier alpha value is -2.03. The van der Waals surface area contributed by atoms with Crippen LogP contribution in [0, 0.1) is 0 Å². The van der Waals surface area contributed by atoms with Crippen LogP contribution in [0.5, 0.6) is 0 Å². The minimum atomic E-state index is -4.38. The van der Waals surface area contributed by atoms with Gasteiger partial charge in [0, 0.05) is 26.3 Å². The molecule has 3 heterocycles. The van der Waals surface area contributed by atoms with Crippen LogP contribution in [0.3, 0.4) is 0 Å². The largest absolute Gasteiger partial charge is 0.406 e. The molecule has 1 aromatic heterocycles. The highest BCUT2D eigenvalue weighted by molar-refractivity contribution is 5.92. The molecule has 0 bridgehead atoms. The number of likely N-dealkylation sites (tertiary alicyclic amines) is 2. The highest BCUT2D eigenvalue weighted by Gasteiger charge is 2.44. The number of hydrogen-bond acceptors (Lipinski definition) is 3. The lowest BCUT2D eigenvalue weighted by atomic mass is 9.96. The maximum atomic E-state index is 12.7. The number of alkyl halides is 3. The van der Waals surface area contributed by atoms with E-state index in [9.17, 15) is 22.8 Å². The van der Waals surface area contributed by atoms with Crippen molar-refractivity contribution in [1.29, 1.82) is 0 Å². The molecule has 3 rings (SSSR count). The molecular weight excluding hydrogens is 361 g/mol. The van der Waals surface area contributed by atoms with Crippen molar-refractivity contribution in [3.05, 3.63) is 23.5 Å². The number of nitrogens with one attached hydrogen (secondary N) is 1. The fraction of sp³-hybridized carbons (Fsp3) is 0.667. The number of carbonyl (C=O) groups is 2. The van der Waals surface area contributed by atoms with E-state index in [-0.39, 0.29) is 18.5 Å². The molecule has 2 fully saturated rings. The van der Waals surface area contributed by atoms with Crippen LogP contribution >= 0.6 is 0 Å². The Bertz CT molecular complexity index is 716. The van der Waals surface area contributed by atoms with Gasteiger partial charge >= 0.3 is 6.18 Å². The number of rotatable bonds is 4. The standard InChI is InChI=1S/C18H25F3N4O2/c1-22-16(26)14-7-6-12(23(14)2)13-5-3-4-9-25(13)15-8-10-24(17(15)27)11-18(19,20)21/h6-7,13,15H,3-5,8-11H2,1-2H3,(H,22,26)/t13-,15-/m1/s1. The highest BCUT2D eigenvalue weighted by Crippen LogP contribution is 2.36. The van der Waals surface area contributed by atoms with Crippen molar-refractivity contribution < 1.29 is 22.8 Å². The minimum Gasteiger partial charge on any atom is -0.354 e. The number of piperidine rings is 1. The van der Waals surface area contributed by atoms with Crippen LogP contribution in [0.4, 0.5) is 13.2 Å². The van der Waals surface area contributed by atoms with Crippen molar-refractivity contribution in [2.24, 2.45) is 7.05 Å². The molecule has 0 spiro atoms. The molecule has 0 aliphatic carbocycles. The third-order valence-electron chi connectivity index (χ3n) is 5.55. The predicted octanol–water partition coefficient (Wildman–Crippen LogP) is 2.07. The van der Waals surface area contributed by atoms with Crippen molar-refractivity contribution in [3.8, 4) is 0 Å². The quantitative estimate of drug-likeness (QED) is 0.862. The molecule has 2 amide bonds. The highest BCUT2D eigenvalue weighted by atomic mass is 19.4. The number of aromatic nitrogens is 1. The second-order valence-corrected chi connectivity index (χ2v) is 7.21. The zero-order chi connectivity index (χ0) is 19.8. The van der Waals surface area contributed by atoms with Crippen LogP contribution in [0.1, 0.15) is 47.9 Å². The lowest BCUT2D eigenvalue weighted by Crippen LogP contribution is -2.47. The number of carbonyl (C=O) groups excluding carboxylic acids is 2. The smallest absolute Gasteiger partial charge is 0.354 e. The lowest BCUT2D eigenvalue weighted by molar-refractivity contribution is -0.159. The third-order valence-corrected chi connectivity index (χ3v) is 5.55. The molecule has 1 aromatic rings. The first kappa shape index (κ1) is 19.7.